The second-order valence-corrected chi connectivity index (χ2v) is 6.21. The highest BCUT2D eigenvalue weighted by Crippen LogP contribution is 2.28. The highest BCUT2D eigenvalue weighted by atomic mass is 19.1. The Balaban J connectivity index is 1.56. The molecule has 1 saturated carbocycles. The lowest BCUT2D eigenvalue weighted by atomic mass is 10.2. The van der Waals surface area contributed by atoms with Crippen molar-refractivity contribution >= 4 is 17.6 Å². The van der Waals surface area contributed by atoms with Gasteiger partial charge in [0.15, 0.2) is 0 Å². The summed E-state index contributed by atoms with van der Waals surface area (Å²) in [6.45, 7) is 0.253. The zero-order chi connectivity index (χ0) is 18.5. The van der Waals surface area contributed by atoms with Crippen LogP contribution in [-0.2, 0) is 11.3 Å². The predicted octanol–water partition coefficient (Wildman–Crippen LogP) is 3.28. The molecule has 2 aromatic rings. The molecule has 1 fully saturated rings. The number of nitrogens with zero attached hydrogens (tertiary/aromatic N) is 1. The minimum atomic E-state index is -0.804. The summed E-state index contributed by atoms with van der Waals surface area (Å²) in [5, 5.41) is 4.47. The molecule has 1 aliphatic rings. The van der Waals surface area contributed by atoms with Gasteiger partial charge in [0.2, 0.25) is 5.91 Å². The summed E-state index contributed by atoms with van der Waals surface area (Å²) in [7, 11) is 0. The smallest absolute Gasteiger partial charge is 0.305 e. The van der Waals surface area contributed by atoms with Gasteiger partial charge in [-0.25, -0.2) is 13.6 Å². The topological polar surface area (TPSA) is 61.4 Å². The number of hydrogen-bond acceptors (Lipinski definition) is 3. The first kappa shape index (κ1) is 18.0. The first-order valence-corrected chi connectivity index (χ1v) is 8.36. The van der Waals surface area contributed by atoms with Crippen molar-refractivity contribution in [2.75, 3.05) is 11.9 Å². The van der Waals surface area contributed by atoms with E-state index in [1.807, 2.05) is 4.90 Å². The number of carbonyl (C=O) groups excluding carboxylic acids is 2. The molecule has 0 radical (unpaired) electrons. The van der Waals surface area contributed by atoms with Gasteiger partial charge in [-0.05, 0) is 31.0 Å². The van der Waals surface area contributed by atoms with Gasteiger partial charge in [-0.1, -0.05) is 30.3 Å². The molecule has 7 heteroatoms. The van der Waals surface area contributed by atoms with Crippen molar-refractivity contribution < 1.29 is 18.4 Å². The molecule has 0 spiro atoms. The van der Waals surface area contributed by atoms with Crippen LogP contribution in [0.1, 0.15) is 18.4 Å². The van der Waals surface area contributed by atoms with Crippen LogP contribution < -0.4 is 10.6 Å². The minimum Gasteiger partial charge on any atom is -0.305 e. The van der Waals surface area contributed by atoms with E-state index in [1.54, 1.807) is 24.3 Å². The maximum atomic E-state index is 13.8. The molecule has 136 valence electrons. The lowest BCUT2D eigenvalue weighted by Crippen LogP contribution is -2.42. The Morgan fingerprint density at radius 1 is 1.00 bits per heavy atom. The molecule has 0 aromatic heterocycles. The fraction of sp³-hybridized carbons (Fsp3) is 0.263. The van der Waals surface area contributed by atoms with Crippen LogP contribution in [0.25, 0.3) is 0 Å². The highest BCUT2D eigenvalue weighted by molar-refractivity contribution is 6.01. The molecule has 0 atom stereocenters. The van der Waals surface area contributed by atoms with Gasteiger partial charge in [-0.15, -0.1) is 0 Å². The van der Waals surface area contributed by atoms with Crippen molar-refractivity contribution in [3.05, 3.63) is 65.7 Å². The molecular weight excluding hydrogens is 340 g/mol. The number of nitrogens with one attached hydrogen (secondary N) is 2. The van der Waals surface area contributed by atoms with Gasteiger partial charge in [0, 0.05) is 18.2 Å². The molecule has 0 aliphatic heterocycles. The van der Waals surface area contributed by atoms with Crippen molar-refractivity contribution in [1.29, 1.82) is 0 Å². The Kier molecular flexibility index (Phi) is 5.58. The number of hydrogen-bond donors (Lipinski definition) is 2. The molecule has 0 saturated heterocycles. The summed E-state index contributed by atoms with van der Waals surface area (Å²) in [6.07, 6.45) is 1.87. The summed E-state index contributed by atoms with van der Waals surface area (Å²) in [5.74, 6) is -1.44. The van der Waals surface area contributed by atoms with Crippen LogP contribution in [0.2, 0.25) is 0 Å². The van der Waals surface area contributed by atoms with E-state index in [-0.39, 0.29) is 24.1 Å². The van der Waals surface area contributed by atoms with E-state index >= 15 is 0 Å². The number of amides is 3. The maximum Gasteiger partial charge on any atom is 0.326 e. The number of rotatable bonds is 6. The van der Waals surface area contributed by atoms with E-state index in [1.165, 1.54) is 24.3 Å². The van der Waals surface area contributed by atoms with Crippen LogP contribution in [0.15, 0.2) is 48.5 Å². The van der Waals surface area contributed by atoms with E-state index in [0.29, 0.717) is 12.1 Å². The zero-order valence-corrected chi connectivity index (χ0v) is 14.0. The van der Waals surface area contributed by atoms with Gasteiger partial charge in [-0.2, -0.15) is 0 Å². The lowest BCUT2D eigenvalue weighted by Gasteiger charge is -2.21. The standard InChI is InChI=1S/C19H19F2N3O2/c20-15-6-2-1-5-13(15)11-24(14-9-10-14)12-18(25)23-19(26)22-17-8-4-3-7-16(17)21/h1-8,14H,9-12H2,(H2,22,23,25,26). The average Bonchev–Trinajstić information content (AvgIpc) is 3.43. The van der Waals surface area contributed by atoms with E-state index in [4.69, 9.17) is 0 Å². The minimum absolute atomic E-state index is 0.0109. The van der Waals surface area contributed by atoms with Gasteiger partial charge in [0.05, 0.1) is 12.2 Å². The van der Waals surface area contributed by atoms with Crippen molar-refractivity contribution in [1.82, 2.24) is 10.2 Å². The molecule has 1 aliphatic carbocycles. The SMILES string of the molecule is O=C(CN(Cc1ccccc1F)C1CC1)NC(=O)Nc1ccccc1F. The molecule has 3 rings (SSSR count). The Hall–Kier alpha value is -2.80. The van der Waals surface area contributed by atoms with Crippen LogP contribution in [0.4, 0.5) is 19.3 Å². The fourth-order valence-electron chi connectivity index (χ4n) is 2.67. The van der Waals surface area contributed by atoms with Crippen LogP contribution in [0, 0.1) is 11.6 Å². The third kappa shape index (κ3) is 4.86. The molecule has 0 heterocycles. The average molecular weight is 359 g/mol. The molecule has 5 nitrogen and oxygen atoms in total. The number of benzene rings is 2. The highest BCUT2D eigenvalue weighted by Gasteiger charge is 2.31. The summed E-state index contributed by atoms with van der Waals surface area (Å²) in [5.41, 5.74) is 0.492. The number of carbonyl (C=O) groups is 2. The van der Waals surface area contributed by atoms with Crippen LogP contribution in [0.3, 0.4) is 0 Å². The van der Waals surface area contributed by atoms with E-state index < -0.39 is 17.8 Å². The number of imide groups is 1. The fourth-order valence-corrected chi connectivity index (χ4v) is 2.67. The molecule has 26 heavy (non-hydrogen) atoms. The number of urea groups is 1. The quantitative estimate of drug-likeness (QED) is 0.832. The van der Waals surface area contributed by atoms with E-state index in [0.717, 1.165) is 12.8 Å². The predicted molar refractivity (Wildman–Crippen MR) is 93.4 cm³/mol. The number of halogens is 2. The van der Waals surface area contributed by atoms with Gasteiger partial charge in [0.25, 0.3) is 0 Å². The molecule has 3 amide bonds. The summed E-state index contributed by atoms with van der Waals surface area (Å²) in [6, 6.07) is 11.5. The monoisotopic (exact) mass is 359 g/mol. The Labute approximate surface area is 150 Å². The second-order valence-electron chi connectivity index (χ2n) is 6.21. The molecule has 0 unspecified atom stereocenters. The zero-order valence-electron chi connectivity index (χ0n) is 14.0. The Morgan fingerprint density at radius 3 is 2.31 bits per heavy atom. The van der Waals surface area contributed by atoms with Gasteiger partial charge in [0.1, 0.15) is 11.6 Å². The van der Waals surface area contributed by atoms with Crippen molar-refractivity contribution in [3.63, 3.8) is 0 Å². The molecule has 2 N–H and O–H groups in total. The van der Waals surface area contributed by atoms with Crippen LogP contribution >= 0.6 is 0 Å². The Bertz CT molecular complexity index is 809. The van der Waals surface area contributed by atoms with Crippen molar-refractivity contribution in [3.8, 4) is 0 Å². The first-order chi connectivity index (χ1) is 12.5. The van der Waals surface area contributed by atoms with Crippen molar-refractivity contribution in [2.45, 2.75) is 25.4 Å². The summed E-state index contributed by atoms with van der Waals surface area (Å²) >= 11 is 0. The van der Waals surface area contributed by atoms with Gasteiger partial charge >= 0.3 is 6.03 Å². The summed E-state index contributed by atoms with van der Waals surface area (Å²) in [4.78, 5) is 25.8. The normalized spacial score (nSPS) is 13.5. The second kappa shape index (κ2) is 8.05. The first-order valence-electron chi connectivity index (χ1n) is 8.36. The largest absolute Gasteiger partial charge is 0.326 e. The molecule has 0 bridgehead atoms. The third-order valence-corrected chi connectivity index (χ3v) is 4.12. The van der Waals surface area contributed by atoms with Gasteiger partial charge in [-0.3, -0.25) is 15.0 Å². The molecule has 2 aromatic carbocycles. The number of anilines is 1. The van der Waals surface area contributed by atoms with Gasteiger partial charge < -0.3 is 5.32 Å². The van der Waals surface area contributed by atoms with Crippen molar-refractivity contribution in [2.24, 2.45) is 0 Å². The van der Waals surface area contributed by atoms with E-state index in [2.05, 4.69) is 10.6 Å². The maximum absolute atomic E-state index is 13.8. The number of para-hydroxylation sites is 1. The lowest BCUT2D eigenvalue weighted by molar-refractivity contribution is -0.121. The molecular formula is C19H19F2N3O2. The van der Waals surface area contributed by atoms with Crippen LogP contribution in [0.5, 0.6) is 0 Å². The summed E-state index contributed by atoms with van der Waals surface area (Å²) < 4.78 is 27.4. The Morgan fingerprint density at radius 2 is 1.65 bits per heavy atom. The van der Waals surface area contributed by atoms with Crippen LogP contribution in [-0.4, -0.2) is 29.4 Å². The third-order valence-electron chi connectivity index (χ3n) is 4.12. The van der Waals surface area contributed by atoms with E-state index in [9.17, 15) is 18.4 Å².